The van der Waals surface area contributed by atoms with E-state index in [1.54, 1.807) is 24.3 Å². The second-order valence-electron chi connectivity index (χ2n) is 8.95. The van der Waals surface area contributed by atoms with Gasteiger partial charge in [0.25, 0.3) is 0 Å². The highest BCUT2D eigenvalue weighted by atomic mass is 16.6. The SMILES string of the molecule is CC(=O)OC[C@H]1OC(=O)[C@@H](C(O)c2ccccc2)[C@@H]([N+]23CCN(CC2)CC3)[C@@H]1OC(C)=O. The third-order valence-corrected chi connectivity index (χ3v) is 7.06. The lowest BCUT2D eigenvalue weighted by molar-refractivity contribution is -0.970. The van der Waals surface area contributed by atoms with Gasteiger partial charge in [0.15, 0.2) is 12.2 Å². The fourth-order valence-electron chi connectivity index (χ4n) is 5.49. The molecule has 1 unspecified atom stereocenters. The summed E-state index contributed by atoms with van der Waals surface area (Å²) in [6.45, 7) is 7.37. The van der Waals surface area contributed by atoms with Crippen molar-refractivity contribution >= 4 is 17.9 Å². The minimum absolute atomic E-state index is 0.199. The first kappa shape index (κ1) is 22.7. The van der Waals surface area contributed by atoms with E-state index < -0.39 is 48.2 Å². The van der Waals surface area contributed by atoms with Gasteiger partial charge < -0.3 is 23.8 Å². The summed E-state index contributed by atoms with van der Waals surface area (Å²) in [5, 5.41) is 11.3. The van der Waals surface area contributed by atoms with Gasteiger partial charge in [-0.05, 0) is 5.56 Å². The van der Waals surface area contributed by atoms with Gasteiger partial charge in [0, 0.05) is 33.5 Å². The van der Waals surface area contributed by atoms with Crippen molar-refractivity contribution in [2.75, 3.05) is 45.9 Å². The van der Waals surface area contributed by atoms with Gasteiger partial charge in [0.1, 0.15) is 18.6 Å². The van der Waals surface area contributed by atoms with Crippen LogP contribution in [0.5, 0.6) is 0 Å². The Morgan fingerprint density at radius 3 is 2.31 bits per heavy atom. The lowest BCUT2D eigenvalue weighted by atomic mass is 9.79. The van der Waals surface area contributed by atoms with Crippen LogP contribution in [0, 0.1) is 5.92 Å². The van der Waals surface area contributed by atoms with Crippen molar-refractivity contribution in [3.8, 4) is 0 Å². The first-order chi connectivity index (χ1) is 15.3. The van der Waals surface area contributed by atoms with E-state index in [1.165, 1.54) is 13.8 Å². The topological polar surface area (TPSA) is 102 Å². The molecule has 0 aromatic heterocycles. The Balaban J connectivity index is 1.76. The lowest BCUT2D eigenvalue weighted by Gasteiger charge is -2.58. The van der Waals surface area contributed by atoms with Crippen LogP contribution in [0.4, 0.5) is 0 Å². The van der Waals surface area contributed by atoms with Crippen molar-refractivity contribution in [3.63, 3.8) is 0 Å². The number of hydrogen-bond donors (Lipinski definition) is 1. The molecule has 4 aliphatic rings. The van der Waals surface area contributed by atoms with Crippen LogP contribution in [0.25, 0.3) is 0 Å². The van der Waals surface area contributed by atoms with Crippen molar-refractivity contribution in [1.29, 1.82) is 0 Å². The van der Waals surface area contributed by atoms with Crippen molar-refractivity contribution in [3.05, 3.63) is 35.9 Å². The van der Waals surface area contributed by atoms with Crippen molar-refractivity contribution in [2.24, 2.45) is 5.92 Å². The highest BCUT2D eigenvalue weighted by molar-refractivity contribution is 5.76. The minimum atomic E-state index is -1.12. The maximum absolute atomic E-state index is 13.3. The van der Waals surface area contributed by atoms with Crippen LogP contribution in [0.2, 0.25) is 0 Å². The van der Waals surface area contributed by atoms with Gasteiger partial charge >= 0.3 is 17.9 Å². The van der Waals surface area contributed by atoms with Crippen LogP contribution in [0.3, 0.4) is 0 Å². The monoisotopic (exact) mass is 447 g/mol. The molecule has 0 saturated carbocycles. The Kier molecular flexibility index (Phi) is 6.50. The molecule has 0 aliphatic carbocycles. The molecule has 2 bridgehead atoms. The minimum Gasteiger partial charge on any atom is -0.462 e. The van der Waals surface area contributed by atoms with Gasteiger partial charge in [-0.1, -0.05) is 30.3 Å². The van der Waals surface area contributed by atoms with Crippen molar-refractivity contribution in [1.82, 2.24) is 4.90 Å². The van der Waals surface area contributed by atoms with Crippen LogP contribution in [0.15, 0.2) is 30.3 Å². The first-order valence-electron chi connectivity index (χ1n) is 11.1. The number of fused-ring (bicyclic) bond motifs is 3. The molecule has 4 saturated heterocycles. The molecule has 1 aromatic rings. The summed E-state index contributed by atoms with van der Waals surface area (Å²) in [6, 6.07) is 8.49. The van der Waals surface area contributed by atoms with E-state index in [2.05, 4.69) is 4.90 Å². The molecule has 0 spiro atoms. The van der Waals surface area contributed by atoms with E-state index in [1.807, 2.05) is 6.07 Å². The van der Waals surface area contributed by atoms with Crippen LogP contribution < -0.4 is 0 Å². The molecule has 0 radical (unpaired) electrons. The summed E-state index contributed by atoms with van der Waals surface area (Å²) in [7, 11) is 0. The standard InChI is InChI=1S/C23H31N2O7/c1-15(26)30-14-18-22(31-16(2)27)20(25-11-8-24(9-12-25)10-13-25)19(23(29)32-18)21(28)17-6-4-3-5-7-17/h3-7,18-22,28H,8-14H2,1-2H3/q+1/t18-,19-,20-,21?,22-/m1/s1. The first-order valence-corrected chi connectivity index (χ1v) is 11.1. The third kappa shape index (κ3) is 4.37. The zero-order valence-corrected chi connectivity index (χ0v) is 18.5. The Labute approximate surface area is 187 Å². The molecule has 4 fully saturated rings. The fraction of sp³-hybridized carbons (Fsp3) is 0.609. The smallest absolute Gasteiger partial charge is 0.318 e. The van der Waals surface area contributed by atoms with Gasteiger partial charge in [0.05, 0.1) is 25.7 Å². The predicted molar refractivity (Wildman–Crippen MR) is 112 cm³/mol. The number of piperazine rings is 3. The van der Waals surface area contributed by atoms with Crippen LogP contribution in [-0.4, -0.2) is 96.5 Å². The van der Waals surface area contributed by atoms with Gasteiger partial charge in [0.2, 0.25) is 0 Å². The number of benzene rings is 1. The number of nitrogens with zero attached hydrogens (tertiary/aromatic N) is 2. The zero-order valence-electron chi connectivity index (χ0n) is 18.5. The molecular weight excluding hydrogens is 416 g/mol. The number of esters is 3. The average Bonchev–Trinajstić information content (AvgIpc) is 2.79. The van der Waals surface area contributed by atoms with Crippen molar-refractivity contribution in [2.45, 2.75) is 38.2 Å². The number of aliphatic hydroxyl groups excluding tert-OH is 1. The van der Waals surface area contributed by atoms with E-state index in [0.717, 1.165) is 39.3 Å². The number of aliphatic hydroxyl groups is 1. The number of quaternary nitrogens is 1. The molecule has 0 amide bonds. The number of ether oxygens (including phenoxy) is 3. The Bertz CT molecular complexity index is 839. The molecule has 174 valence electrons. The van der Waals surface area contributed by atoms with Gasteiger partial charge in [-0.2, -0.15) is 0 Å². The number of carbonyl (C=O) groups is 3. The van der Waals surface area contributed by atoms with E-state index in [4.69, 9.17) is 14.2 Å². The molecule has 9 nitrogen and oxygen atoms in total. The maximum Gasteiger partial charge on any atom is 0.318 e. The van der Waals surface area contributed by atoms with Gasteiger partial charge in [-0.15, -0.1) is 0 Å². The summed E-state index contributed by atoms with van der Waals surface area (Å²) in [5.74, 6) is -2.50. The molecular formula is C23H31N2O7+. The van der Waals surface area contributed by atoms with E-state index in [0.29, 0.717) is 10.0 Å². The lowest BCUT2D eigenvalue weighted by Crippen LogP contribution is -2.77. The van der Waals surface area contributed by atoms with Gasteiger partial charge in [-0.25, -0.2) is 0 Å². The molecule has 1 N–H and O–H groups in total. The third-order valence-electron chi connectivity index (χ3n) is 7.06. The van der Waals surface area contributed by atoms with Crippen molar-refractivity contribution < 1.29 is 38.2 Å². The second kappa shape index (κ2) is 9.17. The van der Waals surface area contributed by atoms with Gasteiger partial charge in [-0.3, -0.25) is 19.3 Å². The number of hydrogen-bond acceptors (Lipinski definition) is 8. The van der Waals surface area contributed by atoms with Crippen LogP contribution in [-0.2, 0) is 28.6 Å². The summed E-state index contributed by atoms with van der Waals surface area (Å²) in [4.78, 5) is 39.3. The van der Waals surface area contributed by atoms with Crippen LogP contribution in [0.1, 0.15) is 25.5 Å². The number of cyclic esters (lactones) is 1. The molecule has 5 atom stereocenters. The molecule has 4 heterocycles. The van der Waals surface area contributed by atoms with Crippen LogP contribution >= 0.6 is 0 Å². The maximum atomic E-state index is 13.3. The second-order valence-corrected chi connectivity index (χ2v) is 8.95. The average molecular weight is 448 g/mol. The fourth-order valence-corrected chi connectivity index (χ4v) is 5.49. The summed E-state index contributed by atoms with van der Waals surface area (Å²) < 4.78 is 17.1. The highest BCUT2D eigenvalue weighted by Gasteiger charge is 2.61. The summed E-state index contributed by atoms with van der Waals surface area (Å²) >= 11 is 0. The summed E-state index contributed by atoms with van der Waals surface area (Å²) in [5.41, 5.74) is 0.605. The van der Waals surface area contributed by atoms with E-state index in [-0.39, 0.29) is 6.61 Å². The van der Waals surface area contributed by atoms with E-state index in [9.17, 15) is 19.5 Å². The molecule has 32 heavy (non-hydrogen) atoms. The predicted octanol–water partition coefficient (Wildman–Crippen LogP) is 0.271. The quantitative estimate of drug-likeness (QED) is 0.377. The molecule has 4 aliphatic heterocycles. The zero-order chi connectivity index (χ0) is 22.9. The largest absolute Gasteiger partial charge is 0.462 e. The Hall–Kier alpha value is -2.49. The molecule has 1 aromatic carbocycles. The molecule has 9 heteroatoms. The normalized spacial score (nSPS) is 35.0. The number of rotatable bonds is 6. The Morgan fingerprint density at radius 2 is 1.75 bits per heavy atom. The Morgan fingerprint density at radius 1 is 1.12 bits per heavy atom. The molecule has 5 rings (SSSR count). The summed E-state index contributed by atoms with van der Waals surface area (Å²) in [6.07, 6.45) is -2.88. The number of carbonyl (C=O) groups excluding carboxylic acids is 3. The van der Waals surface area contributed by atoms with E-state index >= 15 is 0 Å². The highest BCUT2D eigenvalue weighted by Crippen LogP contribution is 2.41.